The summed E-state index contributed by atoms with van der Waals surface area (Å²) < 4.78 is 10.7. The molecule has 3 heteroatoms. The summed E-state index contributed by atoms with van der Waals surface area (Å²) in [6.45, 7) is 0.899. The van der Waals surface area contributed by atoms with Gasteiger partial charge in [-0.2, -0.15) is 0 Å². The monoisotopic (exact) mass is 255 g/mol. The first-order chi connectivity index (χ1) is 9.33. The van der Waals surface area contributed by atoms with Crippen LogP contribution >= 0.6 is 0 Å². The Morgan fingerprint density at radius 3 is 2.63 bits per heavy atom. The van der Waals surface area contributed by atoms with Gasteiger partial charge in [0.1, 0.15) is 11.5 Å². The van der Waals surface area contributed by atoms with E-state index < -0.39 is 0 Å². The molecule has 0 aliphatic carbocycles. The molecule has 2 aromatic rings. The van der Waals surface area contributed by atoms with Crippen LogP contribution < -0.4 is 14.8 Å². The van der Waals surface area contributed by atoms with E-state index in [1.807, 2.05) is 12.1 Å². The number of ether oxygens (including phenoxy) is 2. The van der Waals surface area contributed by atoms with Crippen LogP contribution in [-0.2, 0) is 6.54 Å². The maximum absolute atomic E-state index is 5.50. The Balaban J connectivity index is 2.04. The summed E-state index contributed by atoms with van der Waals surface area (Å²) in [6.07, 6.45) is 0. The minimum atomic E-state index is 0.192. The molecule has 0 radical (unpaired) electrons. The lowest BCUT2D eigenvalue weighted by molar-refractivity contribution is 0.388. The first kappa shape index (κ1) is 12.1. The fourth-order valence-electron chi connectivity index (χ4n) is 2.63. The normalized spacial score (nSPS) is 17.1. The van der Waals surface area contributed by atoms with E-state index in [0.717, 1.165) is 23.6 Å². The Morgan fingerprint density at radius 2 is 1.84 bits per heavy atom. The quantitative estimate of drug-likeness (QED) is 0.914. The molecule has 3 rings (SSSR count). The van der Waals surface area contributed by atoms with E-state index in [9.17, 15) is 0 Å². The van der Waals surface area contributed by atoms with Gasteiger partial charge >= 0.3 is 0 Å². The third-order valence-electron chi connectivity index (χ3n) is 3.61. The van der Waals surface area contributed by atoms with Gasteiger partial charge in [0.25, 0.3) is 0 Å². The van der Waals surface area contributed by atoms with Crippen molar-refractivity contribution in [2.24, 2.45) is 0 Å². The van der Waals surface area contributed by atoms with E-state index in [4.69, 9.17) is 9.47 Å². The summed E-state index contributed by atoms with van der Waals surface area (Å²) in [5.41, 5.74) is 3.82. The van der Waals surface area contributed by atoms with Gasteiger partial charge in [-0.1, -0.05) is 24.3 Å². The molecule has 19 heavy (non-hydrogen) atoms. The molecule has 0 amide bonds. The molecule has 98 valence electrons. The van der Waals surface area contributed by atoms with E-state index in [2.05, 4.69) is 35.6 Å². The lowest BCUT2D eigenvalue weighted by atomic mass is 9.97. The van der Waals surface area contributed by atoms with Crippen LogP contribution in [0.2, 0.25) is 0 Å². The Hall–Kier alpha value is -2.00. The van der Waals surface area contributed by atoms with Crippen molar-refractivity contribution in [1.82, 2.24) is 5.32 Å². The number of fused-ring (bicyclic) bond motifs is 1. The van der Waals surface area contributed by atoms with E-state index >= 15 is 0 Å². The molecule has 0 saturated carbocycles. The average Bonchev–Trinajstić information content (AvgIpc) is 2.90. The van der Waals surface area contributed by atoms with Crippen LogP contribution in [0.15, 0.2) is 42.5 Å². The second-order valence-electron chi connectivity index (χ2n) is 4.62. The van der Waals surface area contributed by atoms with Gasteiger partial charge in [0.2, 0.25) is 0 Å². The summed E-state index contributed by atoms with van der Waals surface area (Å²) in [6, 6.07) is 14.7. The molecule has 1 heterocycles. The third kappa shape index (κ3) is 2.06. The van der Waals surface area contributed by atoms with Crippen molar-refractivity contribution < 1.29 is 9.47 Å². The number of benzene rings is 2. The van der Waals surface area contributed by atoms with Crippen molar-refractivity contribution in [3.05, 3.63) is 59.2 Å². The predicted octanol–water partition coefficient (Wildman–Crippen LogP) is 2.90. The number of rotatable bonds is 3. The number of methoxy groups -OCH3 is 2. The summed E-state index contributed by atoms with van der Waals surface area (Å²) >= 11 is 0. The van der Waals surface area contributed by atoms with Crippen molar-refractivity contribution in [2.45, 2.75) is 12.6 Å². The van der Waals surface area contributed by atoms with Crippen molar-refractivity contribution >= 4 is 0 Å². The lowest BCUT2D eigenvalue weighted by Crippen LogP contribution is -2.14. The van der Waals surface area contributed by atoms with Gasteiger partial charge in [0.05, 0.1) is 20.3 Å². The predicted molar refractivity (Wildman–Crippen MR) is 74.7 cm³/mol. The van der Waals surface area contributed by atoms with Crippen molar-refractivity contribution in [3.63, 3.8) is 0 Å². The molecule has 0 bridgehead atoms. The van der Waals surface area contributed by atoms with Gasteiger partial charge < -0.3 is 14.8 Å². The molecule has 1 N–H and O–H groups in total. The largest absolute Gasteiger partial charge is 0.497 e. The Labute approximate surface area is 113 Å². The van der Waals surface area contributed by atoms with Crippen LogP contribution in [-0.4, -0.2) is 14.2 Å². The van der Waals surface area contributed by atoms with Crippen LogP contribution in [0.4, 0.5) is 0 Å². The van der Waals surface area contributed by atoms with Crippen LogP contribution in [0.3, 0.4) is 0 Å². The minimum absolute atomic E-state index is 0.192. The first-order valence-corrected chi connectivity index (χ1v) is 6.36. The molecule has 0 saturated heterocycles. The Kier molecular flexibility index (Phi) is 3.13. The Morgan fingerprint density at radius 1 is 1.00 bits per heavy atom. The molecule has 1 unspecified atom stereocenters. The smallest absolute Gasteiger partial charge is 0.127 e. The molecular formula is C16H17NO2. The van der Waals surface area contributed by atoms with E-state index in [-0.39, 0.29) is 6.04 Å². The topological polar surface area (TPSA) is 30.5 Å². The number of hydrogen-bond acceptors (Lipinski definition) is 3. The molecule has 2 aromatic carbocycles. The summed E-state index contributed by atoms with van der Waals surface area (Å²) in [5, 5.41) is 3.53. The zero-order valence-electron chi connectivity index (χ0n) is 11.1. The van der Waals surface area contributed by atoms with Gasteiger partial charge in [0, 0.05) is 18.2 Å². The molecule has 0 fully saturated rings. The molecular weight excluding hydrogens is 238 g/mol. The molecule has 0 aromatic heterocycles. The molecule has 1 aliphatic heterocycles. The van der Waals surface area contributed by atoms with Crippen LogP contribution in [0.1, 0.15) is 22.7 Å². The number of hydrogen-bond donors (Lipinski definition) is 1. The highest BCUT2D eigenvalue weighted by Gasteiger charge is 2.25. The fourth-order valence-corrected chi connectivity index (χ4v) is 2.63. The highest BCUT2D eigenvalue weighted by atomic mass is 16.5. The van der Waals surface area contributed by atoms with Crippen LogP contribution in [0, 0.1) is 0 Å². The fraction of sp³-hybridized carbons (Fsp3) is 0.250. The van der Waals surface area contributed by atoms with Crippen molar-refractivity contribution in [3.8, 4) is 11.5 Å². The van der Waals surface area contributed by atoms with Crippen LogP contribution in [0.25, 0.3) is 0 Å². The molecule has 3 nitrogen and oxygen atoms in total. The highest BCUT2D eigenvalue weighted by molar-refractivity contribution is 5.49. The summed E-state index contributed by atoms with van der Waals surface area (Å²) in [5.74, 6) is 1.67. The second kappa shape index (κ2) is 4.94. The Bertz CT molecular complexity index is 595. The van der Waals surface area contributed by atoms with E-state index in [1.165, 1.54) is 11.1 Å². The van der Waals surface area contributed by atoms with Crippen LogP contribution in [0.5, 0.6) is 11.5 Å². The third-order valence-corrected chi connectivity index (χ3v) is 3.61. The maximum atomic E-state index is 5.50. The second-order valence-corrected chi connectivity index (χ2v) is 4.62. The zero-order chi connectivity index (χ0) is 13.2. The van der Waals surface area contributed by atoms with Crippen molar-refractivity contribution in [1.29, 1.82) is 0 Å². The van der Waals surface area contributed by atoms with E-state index in [0.29, 0.717) is 0 Å². The van der Waals surface area contributed by atoms with Crippen molar-refractivity contribution in [2.75, 3.05) is 14.2 Å². The minimum Gasteiger partial charge on any atom is -0.497 e. The molecule has 0 spiro atoms. The highest BCUT2D eigenvalue weighted by Crippen LogP contribution is 2.37. The standard InChI is InChI=1S/C16H17NO2/c1-18-12-7-8-14(15(9-12)19-2)16-13-6-4-3-5-11(13)10-17-16/h3-9,16-17H,10H2,1-2H3. The summed E-state index contributed by atoms with van der Waals surface area (Å²) in [7, 11) is 3.36. The maximum Gasteiger partial charge on any atom is 0.127 e. The molecule has 1 atom stereocenters. The van der Waals surface area contributed by atoms with Gasteiger partial charge in [-0.15, -0.1) is 0 Å². The average molecular weight is 255 g/mol. The summed E-state index contributed by atoms with van der Waals surface area (Å²) in [4.78, 5) is 0. The van der Waals surface area contributed by atoms with Gasteiger partial charge in [-0.3, -0.25) is 0 Å². The zero-order valence-corrected chi connectivity index (χ0v) is 11.1. The first-order valence-electron chi connectivity index (χ1n) is 6.36. The lowest BCUT2D eigenvalue weighted by Gasteiger charge is -2.17. The van der Waals surface area contributed by atoms with Gasteiger partial charge in [-0.05, 0) is 23.3 Å². The molecule has 1 aliphatic rings. The van der Waals surface area contributed by atoms with Gasteiger partial charge in [-0.25, -0.2) is 0 Å². The SMILES string of the molecule is COc1ccc(C2NCc3ccccc32)c(OC)c1. The van der Waals surface area contributed by atoms with Gasteiger partial charge in [0.15, 0.2) is 0 Å². The number of nitrogens with one attached hydrogen (secondary N) is 1. The van der Waals surface area contributed by atoms with E-state index in [1.54, 1.807) is 14.2 Å².